The number of fused-ring (bicyclic) bond motifs is 2. The van der Waals surface area contributed by atoms with Crippen LogP contribution in [0, 0.1) is 11.2 Å². The van der Waals surface area contributed by atoms with Gasteiger partial charge in [-0.3, -0.25) is 0 Å². The zero-order chi connectivity index (χ0) is 20.1. The largest absolute Gasteiger partial charge is 0.389 e. The molecular formula is C24H26FN3O. The third-order valence-electron chi connectivity index (χ3n) is 7.03. The molecule has 1 saturated carbocycles. The van der Waals surface area contributed by atoms with Gasteiger partial charge in [0.1, 0.15) is 5.82 Å². The van der Waals surface area contributed by atoms with Gasteiger partial charge in [0, 0.05) is 24.4 Å². The number of aliphatic hydroxyl groups is 1. The molecule has 1 fully saturated rings. The van der Waals surface area contributed by atoms with Gasteiger partial charge in [-0.05, 0) is 80.1 Å². The fourth-order valence-corrected chi connectivity index (χ4v) is 5.19. The first-order valence-corrected chi connectivity index (χ1v) is 10.4. The fourth-order valence-electron chi connectivity index (χ4n) is 5.19. The predicted octanol–water partition coefficient (Wildman–Crippen LogP) is 4.76. The van der Waals surface area contributed by atoms with Crippen molar-refractivity contribution in [3.63, 3.8) is 0 Å². The van der Waals surface area contributed by atoms with Crippen molar-refractivity contribution >= 4 is 6.08 Å². The van der Waals surface area contributed by atoms with Gasteiger partial charge in [0.25, 0.3) is 0 Å². The van der Waals surface area contributed by atoms with Crippen LogP contribution in [0.3, 0.4) is 0 Å². The standard InChI is InChI=1S/C24H26FN3O/c1-23-16-18-17-26-28(21-7-5-20(25)6-8-21)22(18)15-19(23)9-11-24(23,29)10-4-14-27-12-2-3-13-27/h2-3,5-8,12-13,15,17,29H,4,9-11,14,16H2,1H3/t23-,24-/m0/s1. The molecular weight excluding hydrogens is 365 g/mol. The van der Waals surface area contributed by atoms with Crippen molar-refractivity contribution in [3.05, 3.63) is 77.6 Å². The smallest absolute Gasteiger partial charge is 0.123 e. The van der Waals surface area contributed by atoms with Gasteiger partial charge < -0.3 is 9.67 Å². The molecule has 150 valence electrons. The average molecular weight is 391 g/mol. The second kappa shape index (κ2) is 6.70. The van der Waals surface area contributed by atoms with Crippen molar-refractivity contribution in [2.24, 2.45) is 5.41 Å². The number of nitrogens with zero attached hydrogens (tertiary/aromatic N) is 3. The molecule has 2 atom stereocenters. The molecule has 2 aliphatic carbocycles. The number of rotatable bonds is 5. The molecule has 0 bridgehead atoms. The van der Waals surface area contributed by atoms with E-state index in [1.54, 1.807) is 12.1 Å². The summed E-state index contributed by atoms with van der Waals surface area (Å²) < 4.78 is 17.3. The van der Waals surface area contributed by atoms with Gasteiger partial charge in [-0.25, -0.2) is 9.07 Å². The number of aromatic nitrogens is 3. The molecule has 5 rings (SSSR count). The summed E-state index contributed by atoms with van der Waals surface area (Å²) in [5.74, 6) is -0.249. The highest BCUT2D eigenvalue weighted by atomic mass is 19.1. The Bertz CT molecular complexity index is 1050. The summed E-state index contributed by atoms with van der Waals surface area (Å²) in [5, 5.41) is 16.2. The lowest BCUT2D eigenvalue weighted by molar-refractivity contribution is -0.0485. The van der Waals surface area contributed by atoms with Gasteiger partial charge >= 0.3 is 0 Å². The van der Waals surface area contributed by atoms with Crippen LogP contribution in [0.2, 0.25) is 0 Å². The molecule has 0 radical (unpaired) electrons. The highest BCUT2D eigenvalue weighted by Crippen LogP contribution is 2.56. The lowest BCUT2D eigenvalue weighted by Gasteiger charge is -2.42. The first-order valence-electron chi connectivity index (χ1n) is 10.4. The van der Waals surface area contributed by atoms with Crippen molar-refractivity contribution in [2.75, 3.05) is 0 Å². The number of hydrogen-bond acceptors (Lipinski definition) is 2. The van der Waals surface area contributed by atoms with Crippen LogP contribution in [0.5, 0.6) is 0 Å². The molecule has 4 nitrogen and oxygen atoms in total. The SMILES string of the molecule is C[C@]12Cc3cnn(-c4ccc(F)cc4)c3C=C1CC[C@@]2(O)CCCn1cccc1. The maximum atomic E-state index is 13.3. The molecule has 0 saturated heterocycles. The van der Waals surface area contributed by atoms with Crippen LogP contribution in [0.25, 0.3) is 11.8 Å². The number of aryl methyl sites for hydroxylation is 1. The highest BCUT2D eigenvalue weighted by Gasteiger charge is 2.54. The van der Waals surface area contributed by atoms with E-state index >= 15 is 0 Å². The minimum atomic E-state index is -0.693. The Balaban J connectivity index is 1.40. The summed E-state index contributed by atoms with van der Waals surface area (Å²) in [7, 11) is 0. The van der Waals surface area contributed by atoms with Gasteiger partial charge in [0.15, 0.2) is 0 Å². The Morgan fingerprint density at radius 3 is 2.69 bits per heavy atom. The van der Waals surface area contributed by atoms with Crippen LogP contribution in [-0.4, -0.2) is 25.1 Å². The van der Waals surface area contributed by atoms with Crippen LogP contribution in [-0.2, 0) is 13.0 Å². The molecule has 29 heavy (non-hydrogen) atoms. The van der Waals surface area contributed by atoms with E-state index in [4.69, 9.17) is 0 Å². The minimum absolute atomic E-state index is 0.249. The quantitative estimate of drug-likeness (QED) is 0.681. The molecule has 1 N–H and O–H groups in total. The molecule has 5 heteroatoms. The molecule has 0 unspecified atom stereocenters. The number of hydrogen-bond donors (Lipinski definition) is 1. The summed E-state index contributed by atoms with van der Waals surface area (Å²) in [6.07, 6.45) is 12.5. The van der Waals surface area contributed by atoms with Crippen molar-refractivity contribution in [1.29, 1.82) is 0 Å². The molecule has 2 aliphatic rings. The third kappa shape index (κ3) is 2.96. The second-order valence-electron chi connectivity index (χ2n) is 8.68. The zero-order valence-electron chi connectivity index (χ0n) is 16.7. The Kier molecular flexibility index (Phi) is 4.24. The molecule has 1 aromatic carbocycles. The third-order valence-corrected chi connectivity index (χ3v) is 7.03. The van der Waals surface area contributed by atoms with Gasteiger partial charge in [0.05, 0.1) is 23.2 Å². The maximum absolute atomic E-state index is 13.3. The summed E-state index contributed by atoms with van der Waals surface area (Å²) in [5.41, 5.74) is 3.41. The van der Waals surface area contributed by atoms with E-state index in [0.717, 1.165) is 55.6 Å². The number of halogens is 1. The van der Waals surface area contributed by atoms with Crippen molar-refractivity contribution in [1.82, 2.24) is 14.3 Å². The topological polar surface area (TPSA) is 43.0 Å². The second-order valence-corrected chi connectivity index (χ2v) is 8.68. The summed E-state index contributed by atoms with van der Waals surface area (Å²) in [4.78, 5) is 0. The monoisotopic (exact) mass is 391 g/mol. The van der Waals surface area contributed by atoms with Crippen LogP contribution >= 0.6 is 0 Å². The van der Waals surface area contributed by atoms with Gasteiger partial charge in [-0.1, -0.05) is 12.5 Å². The van der Waals surface area contributed by atoms with Crippen molar-refractivity contribution in [3.8, 4) is 5.69 Å². The van der Waals surface area contributed by atoms with E-state index in [2.05, 4.69) is 35.1 Å². The lowest BCUT2D eigenvalue weighted by Crippen LogP contribution is -2.45. The van der Waals surface area contributed by atoms with E-state index < -0.39 is 5.60 Å². The van der Waals surface area contributed by atoms with Crippen LogP contribution in [0.4, 0.5) is 4.39 Å². The molecule has 2 heterocycles. The molecule has 0 aliphatic heterocycles. The first-order chi connectivity index (χ1) is 14.0. The van der Waals surface area contributed by atoms with Gasteiger partial charge in [-0.15, -0.1) is 0 Å². The molecule has 0 amide bonds. The Labute approximate surface area is 170 Å². The summed E-state index contributed by atoms with van der Waals surface area (Å²) in [6, 6.07) is 10.5. The average Bonchev–Trinajstić information content (AvgIpc) is 3.41. The van der Waals surface area contributed by atoms with E-state index in [-0.39, 0.29) is 11.2 Å². The van der Waals surface area contributed by atoms with Gasteiger partial charge in [-0.2, -0.15) is 5.10 Å². The van der Waals surface area contributed by atoms with Gasteiger partial charge in [0.2, 0.25) is 0 Å². The lowest BCUT2D eigenvalue weighted by atomic mass is 9.66. The zero-order valence-corrected chi connectivity index (χ0v) is 16.7. The maximum Gasteiger partial charge on any atom is 0.123 e. The molecule has 0 spiro atoms. The summed E-state index contributed by atoms with van der Waals surface area (Å²) >= 11 is 0. The minimum Gasteiger partial charge on any atom is -0.389 e. The Hall–Kier alpha value is -2.66. The summed E-state index contributed by atoms with van der Waals surface area (Å²) in [6.45, 7) is 3.14. The predicted molar refractivity (Wildman–Crippen MR) is 111 cm³/mol. The van der Waals surface area contributed by atoms with E-state index in [1.807, 2.05) is 23.0 Å². The molecule has 3 aromatic rings. The normalized spacial score (nSPS) is 25.6. The Morgan fingerprint density at radius 2 is 1.93 bits per heavy atom. The van der Waals surface area contributed by atoms with Crippen LogP contribution < -0.4 is 0 Å². The van der Waals surface area contributed by atoms with E-state index in [9.17, 15) is 9.50 Å². The fraction of sp³-hybridized carbons (Fsp3) is 0.375. The molecule has 2 aromatic heterocycles. The van der Waals surface area contributed by atoms with E-state index in [0.29, 0.717) is 0 Å². The Morgan fingerprint density at radius 1 is 1.17 bits per heavy atom. The van der Waals surface area contributed by atoms with Crippen molar-refractivity contribution in [2.45, 2.75) is 51.2 Å². The number of benzene rings is 1. The van der Waals surface area contributed by atoms with Crippen molar-refractivity contribution < 1.29 is 9.50 Å². The van der Waals surface area contributed by atoms with Crippen LogP contribution in [0.15, 0.2) is 60.6 Å². The van der Waals surface area contributed by atoms with E-state index in [1.165, 1.54) is 17.7 Å². The highest BCUT2D eigenvalue weighted by molar-refractivity contribution is 5.62. The van der Waals surface area contributed by atoms with Crippen LogP contribution in [0.1, 0.15) is 43.9 Å². The first kappa shape index (κ1) is 18.4.